The van der Waals surface area contributed by atoms with Crippen LogP contribution in [0.5, 0.6) is 0 Å². The summed E-state index contributed by atoms with van der Waals surface area (Å²) in [5.74, 6) is -0.240. The topological polar surface area (TPSA) is 138 Å². The number of primary amides is 1. The number of aromatic nitrogens is 1. The van der Waals surface area contributed by atoms with Crippen LogP contribution in [0.25, 0.3) is 22.0 Å². The quantitative estimate of drug-likeness (QED) is 0.260. The molecule has 1 amide bonds. The number of aliphatic hydroxyl groups excluding tert-OH is 1. The molecule has 0 bridgehead atoms. The number of sulfonamides is 1. The Morgan fingerprint density at radius 3 is 2.68 bits per heavy atom. The van der Waals surface area contributed by atoms with Crippen LogP contribution in [-0.2, 0) is 21.3 Å². The normalized spacial score (nSPS) is 16.2. The number of rotatable bonds is 12. The second kappa shape index (κ2) is 12.4. The lowest BCUT2D eigenvalue weighted by atomic mass is 9.88. The first kappa shape index (κ1) is 28.3. The van der Waals surface area contributed by atoms with Crippen LogP contribution in [0, 0.1) is 0 Å². The van der Waals surface area contributed by atoms with Crippen LogP contribution in [0.1, 0.15) is 53.6 Å². The Morgan fingerprint density at radius 1 is 1.24 bits per heavy atom. The number of carbonyl (C=O) groups excluding carboxylic acids is 1. The van der Waals surface area contributed by atoms with Gasteiger partial charge in [0.25, 0.3) is 5.91 Å². The maximum Gasteiger partial charge on any atom is 0.250 e. The first-order valence-corrected chi connectivity index (χ1v) is 14.7. The van der Waals surface area contributed by atoms with Crippen molar-refractivity contribution in [1.29, 1.82) is 0 Å². The van der Waals surface area contributed by atoms with Gasteiger partial charge in [0.1, 0.15) is 0 Å². The van der Waals surface area contributed by atoms with Gasteiger partial charge in [-0.25, -0.2) is 12.7 Å². The van der Waals surface area contributed by atoms with Gasteiger partial charge in [-0.2, -0.15) is 0 Å². The number of methoxy groups -OCH3 is 1. The molecular weight excluding hydrogens is 504 g/mol. The van der Waals surface area contributed by atoms with Crippen molar-refractivity contribution in [3.8, 4) is 11.1 Å². The van der Waals surface area contributed by atoms with Gasteiger partial charge in [0, 0.05) is 51.5 Å². The van der Waals surface area contributed by atoms with Crippen LogP contribution >= 0.6 is 0 Å². The zero-order valence-corrected chi connectivity index (χ0v) is 22.9. The molecule has 0 spiro atoms. The van der Waals surface area contributed by atoms with Gasteiger partial charge in [-0.05, 0) is 72.6 Å². The standard InChI is InChI=1S/C28H38N4O5S/c1-19(33)16-30-17-20-5-3-6-22(13-20)23-14-24-26(18-31-27(24)25(15-23)28(29)34)21-7-9-32(10-8-21)38(35,36)12-4-11-37-2/h3,5-6,13-15,18-19,21,30-31,33H,4,7-12,16-17H2,1-2H3,(H2,29,34)/t19-/m1/s1. The Labute approximate surface area is 224 Å². The van der Waals surface area contributed by atoms with Crippen LogP contribution in [0.2, 0.25) is 0 Å². The van der Waals surface area contributed by atoms with Crippen molar-refractivity contribution < 1.29 is 23.1 Å². The summed E-state index contributed by atoms with van der Waals surface area (Å²) in [5, 5.41) is 13.7. The summed E-state index contributed by atoms with van der Waals surface area (Å²) in [6, 6.07) is 12.0. The molecule has 10 heteroatoms. The van der Waals surface area contributed by atoms with Crippen LogP contribution in [0.4, 0.5) is 0 Å². The third-order valence-corrected chi connectivity index (χ3v) is 9.11. The summed E-state index contributed by atoms with van der Waals surface area (Å²) >= 11 is 0. The highest BCUT2D eigenvalue weighted by atomic mass is 32.2. The fraction of sp³-hybridized carbons (Fsp3) is 0.464. The zero-order valence-electron chi connectivity index (χ0n) is 22.1. The van der Waals surface area contributed by atoms with Gasteiger partial charge in [-0.1, -0.05) is 18.2 Å². The molecule has 0 unspecified atom stereocenters. The summed E-state index contributed by atoms with van der Waals surface area (Å²) in [4.78, 5) is 15.7. The molecule has 0 saturated carbocycles. The summed E-state index contributed by atoms with van der Waals surface area (Å²) in [6.07, 6.45) is 3.41. The summed E-state index contributed by atoms with van der Waals surface area (Å²) in [5.41, 5.74) is 10.9. The van der Waals surface area contributed by atoms with E-state index in [4.69, 9.17) is 10.5 Å². The number of hydrogen-bond acceptors (Lipinski definition) is 6. The minimum absolute atomic E-state index is 0.0948. The van der Waals surface area contributed by atoms with Crippen molar-refractivity contribution >= 4 is 26.8 Å². The van der Waals surface area contributed by atoms with Gasteiger partial charge < -0.3 is 25.9 Å². The number of ether oxygens (including phenoxy) is 1. The predicted octanol–water partition coefficient (Wildman–Crippen LogP) is 2.95. The van der Waals surface area contributed by atoms with Crippen molar-refractivity contribution in [3.05, 3.63) is 59.3 Å². The molecule has 38 heavy (non-hydrogen) atoms. The van der Waals surface area contributed by atoms with E-state index in [0.717, 1.165) is 27.6 Å². The monoisotopic (exact) mass is 542 g/mol. The van der Waals surface area contributed by atoms with E-state index >= 15 is 0 Å². The lowest BCUT2D eigenvalue weighted by molar-refractivity contribution is 0.100. The highest BCUT2D eigenvalue weighted by Gasteiger charge is 2.30. The number of H-pyrrole nitrogens is 1. The fourth-order valence-electron chi connectivity index (χ4n) is 5.20. The molecule has 0 radical (unpaired) electrons. The first-order valence-electron chi connectivity index (χ1n) is 13.1. The molecule has 1 aliphatic heterocycles. The highest BCUT2D eigenvalue weighted by molar-refractivity contribution is 7.89. The second-order valence-electron chi connectivity index (χ2n) is 10.1. The molecule has 5 N–H and O–H groups in total. The van der Waals surface area contributed by atoms with Crippen LogP contribution in [0.15, 0.2) is 42.6 Å². The van der Waals surface area contributed by atoms with E-state index in [2.05, 4.69) is 22.4 Å². The summed E-state index contributed by atoms with van der Waals surface area (Å²) < 4.78 is 32.0. The highest BCUT2D eigenvalue weighted by Crippen LogP contribution is 2.37. The van der Waals surface area contributed by atoms with E-state index in [1.807, 2.05) is 30.5 Å². The Kier molecular flexibility index (Phi) is 9.22. The Balaban J connectivity index is 1.59. The zero-order chi connectivity index (χ0) is 27.3. The number of nitrogens with two attached hydrogens (primary N) is 1. The van der Waals surface area contributed by atoms with E-state index in [0.29, 0.717) is 63.1 Å². The maximum atomic E-state index is 12.7. The van der Waals surface area contributed by atoms with Crippen molar-refractivity contribution in [1.82, 2.24) is 14.6 Å². The fourth-order valence-corrected chi connectivity index (χ4v) is 6.71. The number of aromatic amines is 1. The number of piperidine rings is 1. The van der Waals surface area contributed by atoms with E-state index in [1.165, 1.54) is 0 Å². The van der Waals surface area contributed by atoms with Gasteiger partial charge in [-0.15, -0.1) is 0 Å². The van der Waals surface area contributed by atoms with Crippen LogP contribution in [0.3, 0.4) is 0 Å². The molecule has 3 aromatic rings. The minimum Gasteiger partial charge on any atom is -0.392 e. The molecule has 206 valence electrons. The molecule has 0 aliphatic carbocycles. The van der Waals surface area contributed by atoms with Crippen molar-refractivity contribution in [2.45, 2.75) is 44.8 Å². The predicted molar refractivity (Wildman–Crippen MR) is 149 cm³/mol. The molecular formula is C28H38N4O5S. The molecule has 1 aromatic heterocycles. The average Bonchev–Trinajstić information content (AvgIpc) is 3.32. The molecule has 2 aromatic carbocycles. The number of hydrogen-bond donors (Lipinski definition) is 4. The molecule has 4 rings (SSSR count). The van der Waals surface area contributed by atoms with Gasteiger partial charge >= 0.3 is 0 Å². The van der Waals surface area contributed by atoms with E-state index in [1.54, 1.807) is 18.3 Å². The average molecular weight is 543 g/mol. The van der Waals surface area contributed by atoms with Gasteiger partial charge in [0.2, 0.25) is 10.0 Å². The second-order valence-corrected chi connectivity index (χ2v) is 12.2. The smallest absolute Gasteiger partial charge is 0.250 e. The molecule has 9 nitrogen and oxygen atoms in total. The van der Waals surface area contributed by atoms with Crippen molar-refractivity contribution in [2.75, 3.05) is 39.1 Å². The molecule has 1 atom stereocenters. The lowest BCUT2D eigenvalue weighted by Gasteiger charge is -2.31. The van der Waals surface area contributed by atoms with Crippen molar-refractivity contribution in [3.63, 3.8) is 0 Å². The summed E-state index contributed by atoms with van der Waals surface area (Å²) in [7, 11) is -1.73. The molecule has 1 aliphatic rings. The Morgan fingerprint density at radius 2 is 2.00 bits per heavy atom. The minimum atomic E-state index is -3.30. The Bertz CT molecular complexity index is 1360. The largest absolute Gasteiger partial charge is 0.392 e. The number of nitrogens with zero attached hydrogens (tertiary/aromatic N) is 1. The number of nitrogens with one attached hydrogen (secondary N) is 2. The Hall–Kier alpha value is -2.76. The van der Waals surface area contributed by atoms with Crippen molar-refractivity contribution in [2.24, 2.45) is 5.73 Å². The number of aliphatic hydroxyl groups is 1. The first-order chi connectivity index (χ1) is 18.2. The number of fused-ring (bicyclic) bond motifs is 1. The van der Waals surface area contributed by atoms with Gasteiger partial charge in [-0.3, -0.25) is 4.79 Å². The lowest BCUT2D eigenvalue weighted by Crippen LogP contribution is -2.39. The third kappa shape index (κ3) is 6.62. The SMILES string of the molecule is COCCCS(=O)(=O)N1CCC(c2c[nH]c3c(C(N)=O)cc(-c4cccc(CNC[C@@H](C)O)c4)cc23)CC1. The third-order valence-electron chi connectivity index (χ3n) is 7.15. The molecule has 1 saturated heterocycles. The van der Waals surface area contributed by atoms with Crippen LogP contribution in [-0.4, -0.2) is 73.9 Å². The van der Waals surface area contributed by atoms with E-state index in [-0.39, 0.29) is 11.7 Å². The van der Waals surface area contributed by atoms with Gasteiger partial charge in [0.15, 0.2) is 0 Å². The molecule has 2 heterocycles. The van der Waals surface area contributed by atoms with Crippen LogP contribution < -0.4 is 11.1 Å². The maximum absolute atomic E-state index is 12.7. The summed E-state index contributed by atoms with van der Waals surface area (Å²) in [6.45, 7) is 4.22. The number of benzene rings is 2. The van der Waals surface area contributed by atoms with E-state index < -0.39 is 22.0 Å². The number of amides is 1. The number of carbonyl (C=O) groups is 1. The van der Waals surface area contributed by atoms with E-state index in [9.17, 15) is 18.3 Å². The molecule has 1 fully saturated rings. The van der Waals surface area contributed by atoms with Gasteiger partial charge in [0.05, 0.1) is 22.9 Å².